The van der Waals surface area contributed by atoms with Crippen molar-refractivity contribution < 1.29 is 14.7 Å². The van der Waals surface area contributed by atoms with Crippen LogP contribution < -0.4 is 10.6 Å². The molecule has 3 N–H and O–H groups in total. The predicted molar refractivity (Wildman–Crippen MR) is 82.3 cm³/mol. The van der Waals surface area contributed by atoms with E-state index >= 15 is 0 Å². The van der Waals surface area contributed by atoms with Gasteiger partial charge in [-0.25, -0.2) is 9.59 Å². The van der Waals surface area contributed by atoms with Crippen molar-refractivity contribution in [3.8, 4) is 0 Å². The second-order valence-corrected chi connectivity index (χ2v) is 5.30. The fourth-order valence-corrected chi connectivity index (χ4v) is 2.15. The second kappa shape index (κ2) is 8.58. The molecule has 6 heteroatoms. The Morgan fingerprint density at radius 1 is 1.25 bits per heavy atom. The SMILES string of the molecule is CCCCCCNC(=O)Nc1ccc(C(=O)O)cc1Br. The molecule has 2 amide bonds. The molecule has 0 heterocycles. The molecule has 0 saturated heterocycles. The minimum atomic E-state index is -1.00. The Bertz CT molecular complexity index is 477. The van der Waals surface area contributed by atoms with Gasteiger partial charge in [0.15, 0.2) is 0 Å². The number of halogens is 1. The van der Waals surface area contributed by atoms with Crippen LogP contribution in [0.3, 0.4) is 0 Å². The summed E-state index contributed by atoms with van der Waals surface area (Å²) in [5, 5.41) is 14.3. The van der Waals surface area contributed by atoms with Gasteiger partial charge >= 0.3 is 12.0 Å². The van der Waals surface area contributed by atoms with Crippen LogP contribution in [0, 0.1) is 0 Å². The van der Waals surface area contributed by atoms with Gasteiger partial charge in [-0.1, -0.05) is 26.2 Å². The summed E-state index contributed by atoms with van der Waals surface area (Å²) in [6.45, 7) is 2.77. The molecule has 1 aromatic rings. The summed E-state index contributed by atoms with van der Waals surface area (Å²) in [5.74, 6) is -1.00. The molecule has 0 aliphatic carbocycles. The first-order valence-electron chi connectivity index (χ1n) is 6.62. The van der Waals surface area contributed by atoms with E-state index < -0.39 is 5.97 Å². The second-order valence-electron chi connectivity index (χ2n) is 4.44. The van der Waals surface area contributed by atoms with Crippen molar-refractivity contribution in [3.05, 3.63) is 28.2 Å². The molecule has 110 valence electrons. The normalized spacial score (nSPS) is 10.1. The highest BCUT2D eigenvalue weighted by Crippen LogP contribution is 2.23. The van der Waals surface area contributed by atoms with Crippen LogP contribution in [-0.4, -0.2) is 23.7 Å². The van der Waals surface area contributed by atoms with E-state index in [1.165, 1.54) is 18.6 Å². The summed E-state index contributed by atoms with van der Waals surface area (Å²) in [7, 11) is 0. The summed E-state index contributed by atoms with van der Waals surface area (Å²) in [6.07, 6.45) is 4.40. The maximum Gasteiger partial charge on any atom is 0.335 e. The van der Waals surface area contributed by atoms with Crippen LogP contribution in [0.4, 0.5) is 10.5 Å². The molecule has 0 bridgehead atoms. The largest absolute Gasteiger partial charge is 0.478 e. The van der Waals surface area contributed by atoms with E-state index in [0.717, 1.165) is 19.3 Å². The highest BCUT2D eigenvalue weighted by atomic mass is 79.9. The molecular weight excluding hydrogens is 324 g/mol. The van der Waals surface area contributed by atoms with E-state index in [2.05, 4.69) is 33.5 Å². The Morgan fingerprint density at radius 3 is 2.60 bits per heavy atom. The van der Waals surface area contributed by atoms with Crippen LogP contribution in [0.2, 0.25) is 0 Å². The number of nitrogens with one attached hydrogen (secondary N) is 2. The Labute approximate surface area is 126 Å². The molecule has 0 aliphatic heterocycles. The zero-order chi connectivity index (χ0) is 15.0. The smallest absolute Gasteiger partial charge is 0.335 e. The fraction of sp³-hybridized carbons (Fsp3) is 0.429. The van der Waals surface area contributed by atoms with E-state index in [1.54, 1.807) is 6.07 Å². The molecule has 0 aliphatic rings. The Kier molecular flexibility index (Phi) is 7.08. The van der Waals surface area contributed by atoms with Gasteiger partial charge in [-0.05, 0) is 40.5 Å². The molecule has 0 atom stereocenters. The number of anilines is 1. The van der Waals surface area contributed by atoms with Gasteiger partial charge in [-0.2, -0.15) is 0 Å². The number of carbonyl (C=O) groups is 2. The Hall–Kier alpha value is -1.56. The summed E-state index contributed by atoms with van der Waals surface area (Å²) in [4.78, 5) is 22.5. The number of urea groups is 1. The molecule has 0 spiro atoms. The topological polar surface area (TPSA) is 78.4 Å². The summed E-state index contributed by atoms with van der Waals surface area (Å²) < 4.78 is 0.540. The van der Waals surface area contributed by atoms with Crippen LogP contribution in [-0.2, 0) is 0 Å². The van der Waals surface area contributed by atoms with Crippen molar-refractivity contribution in [1.82, 2.24) is 5.32 Å². The van der Waals surface area contributed by atoms with Crippen LogP contribution >= 0.6 is 15.9 Å². The number of carbonyl (C=O) groups excluding carboxylic acids is 1. The molecule has 0 unspecified atom stereocenters. The van der Waals surface area contributed by atoms with Gasteiger partial charge in [0.1, 0.15) is 0 Å². The van der Waals surface area contributed by atoms with Crippen molar-refractivity contribution in [2.45, 2.75) is 32.6 Å². The number of carboxylic acid groups (broad SMARTS) is 1. The number of unbranched alkanes of at least 4 members (excludes halogenated alkanes) is 3. The minimum Gasteiger partial charge on any atom is -0.478 e. The summed E-state index contributed by atoms with van der Waals surface area (Å²) in [5.41, 5.74) is 0.712. The third kappa shape index (κ3) is 5.61. The predicted octanol–water partition coefficient (Wildman–Crippen LogP) is 3.85. The number of amides is 2. The molecule has 20 heavy (non-hydrogen) atoms. The zero-order valence-corrected chi connectivity index (χ0v) is 13.0. The van der Waals surface area contributed by atoms with Crippen LogP contribution in [0.1, 0.15) is 43.0 Å². The number of carboxylic acids is 1. The lowest BCUT2D eigenvalue weighted by atomic mass is 10.2. The van der Waals surface area contributed by atoms with Gasteiger partial charge in [-0.15, -0.1) is 0 Å². The van der Waals surface area contributed by atoms with Gasteiger partial charge in [0.25, 0.3) is 0 Å². The first-order chi connectivity index (χ1) is 9.54. The third-order valence-electron chi connectivity index (χ3n) is 2.78. The molecule has 0 saturated carbocycles. The quantitative estimate of drug-likeness (QED) is 0.658. The van der Waals surface area contributed by atoms with Crippen LogP contribution in [0.25, 0.3) is 0 Å². The van der Waals surface area contributed by atoms with Crippen molar-refractivity contribution in [2.75, 3.05) is 11.9 Å². The van der Waals surface area contributed by atoms with Crippen molar-refractivity contribution in [3.63, 3.8) is 0 Å². The minimum absolute atomic E-state index is 0.169. The standard InChI is InChI=1S/C14H19BrN2O3/c1-2-3-4-5-8-16-14(20)17-12-7-6-10(13(18)19)9-11(12)15/h6-7,9H,2-5,8H2,1H3,(H,18,19)(H2,16,17,20). The zero-order valence-electron chi connectivity index (χ0n) is 11.4. The van der Waals surface area contributed by atoms with E-state index in [4.69, 9.17) is 5.11 Å². The summed E-state index contributed by atoms with van der Waals surface area (Å²) >= 11 is 3.24. The van der Waals surface area contributed by atoms with E-state index in [-0.39, 0.29) is 11.6 Å². The van der Waals surface area contributed by atoms with Gasteiger partial charge in [0.2, 0.25) is 0 Å². The number of hydrogen-bond donors (Lipinski definition) is 3. The molecule has 0 aromatic heterocycles. The van der Waals surface area contributed by atoms with Crippen molar-refractivity contribution in [2.24, 2.45) is 0 Å². The summed E-state index contributed by atoms with van der Waals surface area (Å²) in [6, 6.07) is 4.18. The number of benzene rings is 1. The highest BCUT2D eigenvalue weighted by Gasteiger charge is 2.08. The van der Waals surface area contributed by atoms with Crippen LogP contribution in [0.15, 0.2) is 22.7 Å². The van der Waals surface area contributed by atoms with Gasteiger partial charge in [0.05, 0.1) is 11.3 Å². The van der Waals surface area contributed by atoms with Gasteiger partial charge < -0.3 is 15.7 Å². The molecule has 1 aromatic carbocycles. The molecular formula is C14H19BrN2O3. The Balaban J connectivity index is 2.44. The van der Waals surface area contributed by atoms with Gasteiger partial charge in [-0.3, -0.25) is 0 Å². The lowest BCUT2D eigenvalue weighted by Crippen LogP contribution is -2.29. The van der Waals surface area contributed by atoms with E-state index in [0.29, 0.717) is 16.7 Å². The number of hydrogen-bond acceptors (Lipinski definition) is 2. The first kappa shape index (κ1) is 16.5. The average Bonchev–Trinajstić information content (AvgIpc) is 2.40. The number of rotatable bonds is 7. The van der Waals surface area contributed by atoms with Crippen molar-refractivity contribution >= 4 is 33.6 Å². The molecule has 0 radical (unpaired) electrons. The molecule has 1 rings (SSSR count). The average molecular weight is 343 g/mol. The lowest BCUT2D eigenvalue weighted by molar-refractivity contribution is 0.0697. The Morgan fingerprint density at radius 2 is 2.00 bits per heavy atom. The lowest BCUT2D eigenvalue weighted by Gasteiger charge is -2.09. The van der Waals surface area contributed by atoms with E-state index in [9.17, 15) is 9.59 Å². The number of aromatic carboxylic acids is 1. The van der Waals surface area contributed by atoms with Crippen molar-refractivity contribution in [1.29, 1.82) is 0 Å². The maximum absolute atomic E-state index is 11.7. The third-order valence-corrected chi connectivity index (χ3v) is 3.44. The molecule has 0 fully saturated rings. The van der Waals surface area contributed by atoms with Gasteiger partial charge in [0, 0.05) is 11.0 Å². The molecule has 5 nitrogen and oxygen atoms in total. The maximum atomic E-state index is 11.7. The first-order valence-corrected chi connectivity index (χ1v) is 7.41. The van der Waals surface area contributed by atoms with E-state index in [1.807, 2.05) is 0 Å². The highest BCUT2D eigenvalue weighted by molar-refractivity contribution is 9.10. The monoisotopic (exact) mass is 342 g/mol. The fourth-order valence-electron chi connectivity index (χ4n) is 1.67. The van der Waals surface area contributed by atoms with Crippen LogP contribution in [0.5, 0.6) is 0 Å².